The summed E-state index contributed by atoms with van der Waals surface area (Å²) in [5, 5.41) is 52.0. The molecule has 0 aliphatic carbocycles. The van der Waals surface area contributed by atoms with Gasteiger partial charge in [-0.3, -0.25) is 9.78 Å². The third kappa shape index (κ3) is 25.3. The number of ether oxygens (including phenoxy) is 5. The van der Waals surface area contributed by atoms with Crippen LogP contribution in [-0.4, -0.2) is 230 Å². The van der Waals surface area contributed by atoms with Crippen molar-refractivity contribution in [3.63, 3.8) is 0 Å². The number of rotatable bonds is 9. The van der Waals surface area contributed by atoms with Gasteiger partial charge in [-0.2, -0.15) is 10.2 Å². The van der Waals surface area contributed by atoms with Gasteiger partial charge in [0.05, 0.1) is 91.0 Å². The Morgan fingerprint density at radius 1 is 0.500 bits per heavy atom. The van der Waals surface area contributed by atoms with Gasteiger partial charge in [-0.05, 0) is 206 Å². The van der Waals surface area contributed by atoms with Crippen molar-refractivity contribution in [2.45, 2.75) is 21.3 Å². The van der Waals surface area contributed by atoms with Crippen LogP contribution in [0.3, 0.4) is 0 Å². The number of hydrogen-bond donors (Lipinski definition) is 11. The second-order valence-electron chi connectivity index (χ2n) is 30.0. The predicted molar refractivity (Wildman–Crippen MR) is 567 cm³/mol. The summed E-state index contributed by atoms with van der Waals surface area (Å²) in [6, 6.07) is 36.7. The zero-order valence-corrected chi connectivity index (χ0v) is 85.9. The molecule has 0 bridgehead atoms. The van der Waals surface area contributed by atoms with Gasteiger partial charge < -0.3 is 107 Å². The molecule has 0 radical (unpaired) electrons. The molecule has 742 valence electrons. The molecule has 50 heteroatoms. The molecule has 3 aliphatic heterocycles. The maximum atomic E-state index is 11.5. The van der Waals surface area contributed by atoms with E-state index in [0.29, 0.717) is 128 Å². The first-order chi connectivity index (χ1) is 69.3. The fourth-order valence-corrected chi connectivity index (χ4v) is 17.1. The fraction of sp³-hybridized carbons (Fsp3) is 0.202. The van der Waals surface area contributed by atoms with Crippen LogP contribution in [0.25, 0.3) is 155 Å². The summed E-state index contributed by atoms with van der Waals surface area (Å²) in [6.07, 6.45) is 15.5. The minimum atomic E-state index is -1.40. The summed E-state index contributed by atoms with van der Waals surface area (Å²) in [7, 11) is -0.399. The number of aliphatic hydroxyl groups excluding tert-OH is 2. The normalized spacial score (nSPS) is 12.7. The molecule has 40 nitrogen and oxygen atoms in total. The highest BCUT2D eigenvalue weighted by Crippen LogP contribution is 2.41. The number of halogens is 9. The number of aliphatic hydroxyl groups is 2. The van der Waals surface area contributed by atoms with E-state index in [2.05, 4.69) is 218 Å². The van der Waals surface area contributed by atoms with Crippen molar-refractivity contribution in [2.75, 3.05) is 121 Å². The SMILES string of the molecule is C.C1COCCN1.CCOC(=O)CO.CCOC(=O)c1oc2ncc(Br)cc2c1N.CO.Clc1nc(Cl)c2oc3ncc(Br)cc3c2n1.Clc1nc(N2CCOCC2)c2oc3ncc(Br)cc3c2n1.N#Cc1cc(Br)cnc1Cl.O=c1[nH]c(=O)c2oc3ncc(Br)cc3c2[nH]1.OB(O)c1cccc2[nH]ccc12.c1cc(-c2cnc3oc4c(N5CCOCC5)nc(-c5cccc6[nH]ccc56)nc4c3c2)c2cc[nH]c2c1. The lowest BCUT2D eigenvalue weighted by molar-refractivity contribution is -0.146. The van der Waals surface area contributed by atoms with Crippen LogP contribution in [0.4, 0.5) is 17.3 Å². The summed E-state index contributed by atoms with van der Waals surface area (Å²) >= 11 is 39.7. The Balaban J connectivity index is 0.000000135. The summed E-state index contributed by atoms with van der Waals surface area (Å²) in [5.74, 6) is 1.00. The molecule has 21 heterocycles. The first-order valence-corrected chi connectivity index (χ1v) is 48.5. The molecule has 24 rings (SSSR count). The number of nitrogens with one attached hydrogen (secondary N) is 6. The Morgan fingerprint density at radius 2 is 0.951 bits per heavy atom. The van der Waals surface area contributed by atoms with Crippen molar-refractivity contribution in [1.29, 1.82) is 5.26 Å². The van der Waals surface area contributed by atoms with Crippen LogP contribution in [0.15, 0.2) is 219 Å². The number of benzene rings is 3. The molecular formula is C94H82BBr5Cl4N22O18. The lowest BCUT2D eigenvalue weighted by Crippen LogP contribution is -2.37. The van der Waals surface area contributed by atoms with Gasteiger partial charge in [-0.15, -0.1) is 0 Å². The highest BCUT2D eigenvalue weighted by Gasteiger charge is 2.28. The molecule has 0 amide bonds. The lowest BCUT2D eigenvalue weighted by Gasteiger charge is -2.27. The third-order valence-electron chi connectivity index (χ3n) is 21.0. The monoisotopic (exact) mass is 2350 g/mol. The number of nitrogens with zero attached hydrogens (tertiary/aromatic N) is 15. The lowest BCUT2D eigenvalue weighted by atomic mass is 9.78. The smallest absolute Gasteiger partial charge is 0.464 e. The van der Waals surface area contributed by atoms with E-state index in [0.717, 1.165) is 159 Å². The highest BCUT2D eigenvalue weighted by molar-refractivity contribution is 9.11. The van der Waals surface area contributed by atoms with Gasteiger partial charge in [0.2, 0.25) is 50.5 Å². The van der Waals surface area contributed by atoms with E-state index in [4.69, 9.17) is 134 Å². The molecule has 0 saturated carbocycles. The minimum Gasteiger partial charge on any atom is -0.464 e. The largest absolute Gasteiger partial charge is 0.489 e. The average Bonchev–Trinajstić information content (AvgIpc) is 1.60. The zero-order valence-electron chi connectivity index (χ0n) is 75.0. The maximum Gasteiger partial charge on any atom is 0.489 e. The van der Waals surface area contributed by atoms with Crippen molar-refractivity contribution in [2.24, 2.45) is 0 Å². The second-order valence-corrected chi connectivity index (χ2v) is 35.9. The number of nitriles is 1. The standard InChI is InChI=1S/C29H22N6O2.C13H10BrClN4O2.C10H9BrN2O3.C9H2BrCl2N3O.C9H4BrN3O3.C8H8BNO2.C6H2BrClN2.C4H9NO.C4H8O3.CH4O.CH4/c1-3-18(19-7-9-30-23(19)5-1)17-15-22-25-26(37-29(22)32-16-17)28(35-11-13-36-14-12-35)34-27(33-25)21-4-2-6-24-20(21)8-10-31-24;14-7-5-8-9-10(21-12(8)16-6-7)11(18-13(15)17-9)19-1-3-20-4-2-19;1-2-15-10(14)8-7(12)6-3-5(11)4-13-9(6)16-8;10-3-1-4-5-6(16-8(4)13-2-3)7(11)15-9(12)14-5;10-3-1-4-5-6(16-8(4)11-2-3)7(14)13-9(15)12-5;11-9(12)7-2-1-3-8-6(7)4-5-10-8;7-5-1-4(2-9)6(8)10-3-5;1-3-6-4-2-5-1;1-2-7-4(6)3-5;1-2;/h1-10,15-16,30-31H,11-14H2;5-6H,1-4H2;3-4H,2,12H2,1H3;1-2H;1-2H,(H2,12,13,14,15);1-5,10-12H;1,3H;5H,1-4H2;5H,2-3H2,1H3;2H,1H3;1H4. The van der Waals surface area contributed by atoms with Gasteiger partial charge in [0, 0.05) is 163 Å². The van der Waals surface area contributed by atoms with Crippen molar-refractivity contribution in [3.05, 3.63) is 240 Å². The third-order valence-corrected chi connectivity index (χ3v) is 24.1. The number of fused-ring (bicyclic) bond motifs is 16. The Bertz CT molecular complexity index is 8320. The van der Waals surface area contributed by atoms with E-state index < -0.39 is 36.9 Å². The molecule has 3 aromatic carbocycles. The maximum absolute atomic E-state index is 11.5. The summed E-state index contributed by atoms with van der Waals surface area (Å²) in [6.45, 7) is 12.9. The quantitative estimate of drug-likeness (QED) is 0.0210. The van der Waals surface area contributed by atoms with E-state index in [9.17, 15) is 19.2 Å². The van der Waals surface area contributed by atoms with Crippen LogP contribution in [0.5, 0.6) is 0 Å². The number of anilines is 3. The molecule has 18 aromatic heterocycles. The Kier molecular flexibility index (Phi) is 37.1. The van der Waals surface area contributed by atoms with E-state index in [1.54, 1.807) is 81.4 Å². The van der Waals surface area contributed by atoms with Crippen LogP contribution in [0.2, 0.25) is 20.9 Å². The zero-order chi connectivity index (χ0) is 101. The van der Waals surface area contributed by atoms with Gasteiger partial charge in [-0.1, -0.05) is 67.0 Å². The number of aromatic amines is 5. The minimum absolute atomic E-state index is 0. The van der Waals surface area contributed by atoms with Crippen LogP contribution in [-0.2, 0) is 28.5 Å². The molecule has 21 aromatic rings. The molecule has 0 spiro atoms. The molecule has 144 heavy (non-hydrogen) atoms. The highest BCUT2D eigenvalue weighted by atomic mass is 79.9. The Morgan fingerprint density at radius 3 is 1.48 bits per heavy atom. The first-order valence-electron chi connectivity index (χ1n) is 43.0. The number of hydrogen-bond acceptors (Lipinski definition) is 35. The molecule has 0 unspecified atom stereocenters. The van der Waals surface area contributed by atoms with E-state index in [-0.39, 0.29) is 51.9 Å². The van der Waals surface area contributed by atoms with Gasteiger partial charge in [0.25, 0.3) is 5.56 Å². The average molecular weight is 2360 g/mol. The van der Waals surface area contributed by atoms with E-state index in [1.807, 2.05) is 55.0 Å². The number of aromatic nitrogens is 17. The van der Waals surface area contributed by atoms with Crippen molar-refractivity contribution in [3.8, 4) is 28.6 Å². The Labute approximate surface area is 875 Å². The first kappa shape index (κ1) is 107. The van der Waals surface area contributed by atoms with Gasteiger partial charge in [-0.25, -0.2) is 69.2 Å². The Hall–Kier alpha value is -13.0. The molecule has 0 atom stereocenters. The summed E-state index contributed by atoms with van der Waals surface area (Å²) in [5.41, 5.74) is 18.3. The van der Waals surface area contributed by atoms with Crippen molar-refractivity contribution < 1.29 is 75.6 Å². The summed E-state index contributed by atoms with van der Waals surface area (Å²) in [4.78, 5) is 114. The number of esters is 2. The number of carbonyl (C=O) groups excluding carboxylic acids is 2. The molecule has 3 saturated heterocycles. The van der Waals surface area contributed by atoms with E-state index in [1.165, 1.54) is 0 Å². The number of nitrogen functional groups attached to an aromatic ring is 1. The molecule has 3 fully saturated rings. The fourth-order valence-electron chi connectivity index (χ4n) is 14.7. The molecule has 3 aliphatic rings. The number of furan rings is 5. The van der Waals surface area contributed by atoms with Gasteiger partial charge in [0.1, 0.15) is 39.9 Å². The topological polar surface area (TPSA) is 563 Å². The second kappa shape index (κ2) is 50.0. The van der Waals surface area contributed by atoms with Crippen molar-refractivity contribution >= 4 is 301 Å². The molecule has 12 N–H and O–H groups in total. The number of morpholine rings is 3. The number of H-pyrrole nitrogens is 5. The van der Waals surface area contributed by atoms with E-state index >= 15 is 0 Å². The summed E-state index contributed by atoms with van der Waals surface area (Å²) < 4.78 is 57.2. The van der Waals surface area contributed by atoms with Crippen LogP contribution in [0.1, 0.15) is 37.4 Å². The van der Waals surface area contributed by atoms with Gasteiger partial charge >= 0.3 is 24.7 Å². The number of pyridine rings is 6. The van der Waals surface area contributed by atoms with Crippen LogP contribution >= 0.6 is 126 Å². The van der Waals surface area contributed by atoms with Crippen LogP contribution in [0, 0.1) is 11.3 Å². The predicted octanol–water partition coefficient (Wildman–Crippen LogP) is 17.8. The molecular weight excluding hydrogens is 2280 g/mol. The van der Waals surface area contributed by atoms with Crippen LogP contribution < -0.4 is 37.6 Å². The number of nitrogens with two attached hydrogens (primary N) is 1. The number of carbonyl (C=O) groups is 2. The van der Waals surface area contributed by atoms with Crippen molar-refractivity contribution in [1.82, 2.24) is 90.0 Å². The van der Waals surface area contributed by atoms with Gasteiger partial charge in [0.15, 0.2) is 39.4 Å².